The Hall–Kier alpha value is -3.04. The Morgan fingerprint density at radius 1 is 1.03 bits per heavy atom. The molecule has 3 heterocycles. The largest absolute Gasteiger partial charge is 0.467 e. The monoisotopic (exact) mass is 508 g/mol. The highest BCUT2D eigenvalue weighted by Crippen LogP contribution is 2.33. The van der Waals surface area contributed by atoms with Crippen LogP contribution in [0.2, 0.25) is 0 Å². The molecule has 0 spiro atoms. The van der Waals surface area contributed by atoms with E-state index in [1.807, 2.05) is 36.7 Å². The highest BCUT2D eigenvalue weighted by Gasteiger charge is 2.23. The molecule has 35 heavy (non-hydrogen) atoms. The summed E-state index contributed by atoms with van der Waals surface area (Å²) in [6.45, 7) is 3.87. The zero-order valence-electron chi connectivity index (χ0n) is 19.8. The number of aryl methyl sites for hydroxylation is 1. The van der Waals surface area contributed by atoms with Crippen LogP contribution in [0.4, 0.5) is 5.95 Å². The average Bonchev–Trinajstić information content (AvgIpc) is 3.26. The molecule has 0 radical (unpaired) electrons. The van der Waals surface area contributed by atoms with Gasteiger partial charge in [0, 0.05) is 44.6 Å². The van der Waals surface area contributed by atoms with Gasteiger partial charge in [-0.15, -0.1) is 0 Å². The van der Waals surface area contributed by atoms with Crippen LogP contribution >= 0.6 is 11.3 Å². The van der Waals surface area contributed by atoms with Crippen LogP contribution in [-0.2, 0) is 16.3 Å². The summed E-state index contributed by atoms with van der Waals surface area (Å²) in [6.07, 6.45) is 9.10. The second-order valence-corrected chi connectivity index (χ2v) is 11.9. The number of hydrogen-bond donors (Lipinski definition) is 0. The van der Waals surface area contributed by atoms with Crippen molar-refractivity contribution in [2.24, 2.45) is 0 Å². The first kappa shape index (κ1) is 23.7. The van der Waals surface area contributed by atoms with E-state index in [4.69, 9.17) is 4.74 Å². The smallest absolute Gasteiger partial charge is 0.274 e. The fraction of sp³-hybridized carbons (Fsp3) is 0.346. The summed E-state index contributed by atoms with van der Waals surface area (Å²) in [5, 5.41) is 0.684. The van der Waals surface area contributed by atoms with E-state index in [9.17, 15) is 8.42 Å². The number of anilines is 1. The summed E-state index contributed by atoms with van der Waals surface area (Å²) in [6, 6.07) is 13.0. The topological polar surface area (TPSA) is 85.3 Å². The standard InChI is InChI=1S/C26H28N4O3S2/c1-3-4-18-16-27-25(28-17-18)30-13-11-21(12-14-30)33-26-29-23-10-7-20(15-24(23)34-26)19-5-8-22(9-6-19)35(2,31)32/h5-10,15-17,21H,3-4,11-14H2,1-2H3. The van der Waals surface area contributed by atoms with E-state index in [0.29, 0.717) is 10.1 Å². The number of fused-ring (bicyclic) bond motifs is 1. The molecule has 1 saturated heterocycles. The first-order chi connectivity index (χ1) is 16.9. The molecular weight excluding hydrogens is 480 g/mol. The molecule has 1 fully saturated rings. The molecule has 0 N–H and O–H groups in total. The van der Waals surface area contributed by atoms with Gasteiger partial charge in [0.05, 0.1) is 15.1 Å². The predicted octanol–water partition coefficient (Wildman–Crippen LogP) is 5.16. The number of thiazole rings is 1. The van der Waals surface area contributed by atoms with Gasteiger partial charge in [0.15, 0.2) is 9.84 Å². The number of ether oxygens (including phenoxy) is 1. The van der Waals surface area contributed by atoms with Gasteiger partial charge in [0.25, 0.3) is 5.19 Å². The molecule has 182 valence electrons. The number of aromatic nitrogens is 3. The number of rotatable bonds is 7. The zero-order valence-corrected chi connectivity index (χ0v) is 21.5. The summed E-state index contributed by atoms with van der Waals surface area (Å²) in [5.41, 5.74) is 4.07. The van der Waals surface area contributed by atoms with Crippen LogP contribution in [0.25, 0.3) is 21.3 Å². The third-order valence-corrected chi connectivity index (χ3v) is 8.24. The lowest BCUT2D eigenvalue weighted by atomic mass is 10.1. The number of sulfone groups is 1. The van der Waals surface area contributed by atoms with E-state index in [1.54, 1.807) is 23.5 Å². The van der Waals surface area contributed by atoms with Gasteiger partial charge in [-0.05, 0) is 47.4 Å². The Bertz CT molecular complexity index is 1410. The van der Waals surface area contributed by atoms with Crippen LogP contribution in [0.5, 0.6) is 5.19 Å². The van der Waals surface area contributed by atoms with Crippen molar-refractivity contribution in [3.63, 3.8) is 0 Å². The van der Waals surface area contributed by atoms with Crippen molar-refractivity contribution in [2.45, 2.75) is 43.6 Å². The van der Waals surface area contributed by atoms with Gasteiger partial charge in [-0.3, -0.25) is 0 Å². The van der Waals surface area contributed by atoms with Crippen LogP contribution in [0.1, 0.15) is 31.7 Å². The van der Waals surface area contributed by atoms with Gasteiger partial charge in [-0.25, -0.2) is 23.4 Å². The molecule has 2 aromatic carbocycles. The summed E-state index contributed by atoms with van der Waals surface area (Å²) >= 11 is 1.54. The van der Waals surface area contributed by atoms with Crippen molar-refractivity contribution in [3.05, 3.63) is 60.4 Å². The van der Waals surface area contributed by atoms with E-state index in [0.717, 1.165) is 66.1 Å². The average molecular weight is 509 g/mol. The Morgan fingerprint density at radius 3 is 2.37 bits per heavy atom. The second-order valence-electron chi connectivity index (χ2n) is 8.90. The molecule has 5 rings (SSSR count). The summed E-state index contributed by atoms with van der Waals surface area (Å²) in [4.78, 5) is 16.3. The summed E-state index contributed by atoms with van der Waals surface area (Å²) < 4.78 is 30.7. The van der Waals surface area contributed by atoms with Crippen molar-refractivity contribution in [1.29, 1.82) is 0 Å². The highest BCUT2D eigenvalue weighted by atomic mass is 32.2. The molecule has 0 saturated carbocycles. The van der Waals surface area contributed by atoms with Gasteiger partial charge in [0.2, 0.25) is 5.95 Å². The van der Waals surface area contributed by atoms with Gasteiger partial charge in [-0.2, -0.15) is 0 Å². The van der Waals surface area contributed by atoms with Gasteiger partial charge in [0.1, 0.15) is 6.10 Å². The molecule has 7 nitrogen and oxygen atoms in total. The van der Waals surface area contributed by atoms with Crippen LogP contribution in [-0.4, -0.2) is 48.8 Å². The lowest BCUT2D eigenvalue weighted by molar-refractivity contribution is 0.170. The molecule has 4 aromatic rings. The fourth-order valence-electron chi connectivity index (χ4n) is 4.27. The Balaban J connectivity index is 1.23. The maximum Gasteiger partial charge on any atom is 0.274 e. The fourth-order valence-corrected chi connectivity index (χ4v) is 5.82. The lowest BCUT2D eigenvalue weighted by Crippen LogP contribution is -2.39. The SMILES string of the molecule is CCCc1cnc(N2CCC(Oc3nc4ccc(-c5ccc(S(C)(=O)=O)cc5)cc4s3)CC2)nc1. The third-order valence-electron chi connectivity index (χ3n) is 6.21. The Labute approximate surface area is 209 Å². The van der Waals surface area contributed by atoms with Gasteiger partial charge >= 0.3 is 0 Å². The van der Waals surface area contributed by atoms with Crippen molar-refractivity contribution in [3.8, 4) is 16.3 Å². The third kappa shape index (κ3) is 5.46. The first-order valence-corrected chi connectivity index (χ1v) is 14.5. The van der Waals surface area contributed by atoms with Crippen LogP contribution in [0, 0.1) is 0 Å². The van der Waals surface area contributed by atoms with E-state index in [2.05, 4.69) is 32.8 Å². The number of benzene rings is 2. The minimum Gasteiger partial charge on any atom is -0.467 e. The predicted molar refractivity (Wildman–Crippen MR) is 140 cm³/mol. The molecule has 0 bridgehead atoms. The lowest BCUT2D eigenvalue weighted by Gasteiger charge is -2.31. The van der Waals surface area contributed by atoms with Crippen LogP contribution in [0.3, 0.4) is 0 Å². The van der Waals surface area contributed by atoms with E-state index < -0.39 is 9.84 Å². The molecule has 0 unspecified atom stereocenters. The molecule has 0 atom stereocenters. The maximum atomic E-state index is 11.7. The second kappa shape index (κ2) is 9.91. The number of piperidine rings is 1. The molecular formula is C26H28N4O3S2. The molecule has 1 aliphatic rings. The van der Waals surface area contributed by atoms with Crippen molar-refractivity contribution in [1.82, 2.24) is 15.0 Å². The highest BCUT2D eigenvalue weighted by molar-refractivity contribution is 7.90. The molecule has 0 amide bonds. The molecule has 1 aliphatic heterocycles. The van der Waals surface area contributed by atoms with E-state index in [-0.39, 0.29) is 6.10 Å². The van der Waals surface area contributed by atoms with Gasteiger partial charge in [-0.1, -0.05) is 42.9 Å². The number of hydrogen-bond acceptors (Lipinski definition) is 8. The number of nitrogens with zero attached hydrogens (tertiary/aromatic N) is 4. The molecule has 9 heteroatoms. The Morgan fingerprint density at radius 2 is 1.71 bits per heavy atom. The van der Waals surface area contributed by atoms with Gasteiger partial charge < -0.3 is 9.64 Å². The Kier molecular flexibility index (Phi) is 6.71. The normalized spacial score (nSPS) is 15.0. The summed E-state index contributed by atoms with van der Waals surface area (Å²) in [5.74, 6) is 0.792. The van der Waals surface area contributed by atoms with E-state index >= 15 is 0 Å². The maximum absolute atomic E-state index is 11.7. The van der Waals surface area contributed by atoms with Crippen LogP contribution < -0.4 is 9.64 Å². The quantitative estimate of drug-likeness (QED) is 0.341. The minimum absolute atomic E-state index is 0.120. The van der Waals surface area contributed by atoms with Crippen molar-refractivity contribution in [2.75, 3.05) is 24.2 Å². The molecule has 0 aliphatic carbocycles. The zero-order chi connectivity index (χ0) is 24.4. The van der Waals surface area contributed by atoms with E-state index in [1.165, 1.54) is 11.8 Å². The van der Waals surface area contributed by atoms with Crippen LogP contribution in [0.15, 0.2) is 59.8 Å². The molecule has 2 aromatic heterocycles. The summed E-state index contributed by atoms with van der Waals surface area (Å²) in [7, 11) is -3.21. The van der Waals surface area contributed by atoms with Crippen molar-refractivity contribution < 1.29 is 13.2 Å². The minimum atomic E-state index is -3.21. The first-order valence-electron chi connectivity index (χ1n) is 11.8. The van der Waals surface area contributed by atoms with Crippen molar-refractivity contribution >= 4 is 37.3 Å².